The molecule has 170 valence electrons. The molecule has 0 saturated heterocycles. The van der Waals surface area contributed by atoms with E-state index in [1.165, 1.54) is 11.3 Å². The fourth-order valence-corrected chi connectivity index (χ4v) is 5.74. The van der Waals surface area contributed by atoms with Gasteiger partial charge in [-0.05, 0) is 23.3 Å². The standard InChI is InChI=1S/C25H24N2O4S2/c1-31-21-12-13-23-22(16-21)26-25(32-23)27(17-19-8-4-2-5-9-19)24(28)14-15-33(29,30)18-20-10-6-3-7-11-20/h2-13,16H,14-15,17-18H2,1H3. The number of amides is 1. The van der Waals surface area contributed by atoms with E-state index in [0.717, 1.165) is 15.8 Å². The number of fused-ring (bicyclic) bond motifs is 1. The van der Waals surface area contributed by atoms with Crippen molar-refractivity contribution in [1.82, 2.24) is 4.98 Å². The molecule has 6 nitrogen and oxygen atoms in total. The molecule has 0 saturated carbocycles. The van der Waals surface area contributed by atoms with E-state index in [9.17, 15) is 13.2 Å². The fourth-order valence-electron chi connectivity index (χ4n) is 3.44. The molecule has 1 aromatic heterocycles. The molecule has 0 spiro atoms. The zero-order valence-electron chi connectivity index (χ0n) is 18.2. The molecule has 33 heavy (non-hydrogen) atoms. The predicted molar refractivity (Wildman–Crippen MR) is 132 cm³/mol. The third-order valence-corrected chi connectivity index (χ3v) is 7.81. The third-order valence-electron chi connectivity index (χ3n) is 5.16. The average molecular weight is 481 g/mol. The molecule has 4 rings (SSSR count). The lowest BCUT2D eigenvalue weighted by molar-refractivity contribution is -0.118. The first-order chi connectivity index (χ1) is 15.9. The molecule has 0 aliphatic carbocycles. The maximum Gasteiger partial charge on any atom is 0.230 e. The van der Waals surface area contributed by atoms with Crippen LogP contribution < -0.4 is 9.64 Å². The molecule has 4 aromatic rings. The zero-order valence-corrected chi connectivity index (χ0v) is 19.8. The van der Waals surface area contributed by atoms with Gasteiger partial charge in [0.15, 0.2) is 15.0 Å². The van der Waals surface area contributed by atoms with Crippen LogP contribution in [-0.2, 0) is 26.9 Å². The van der Waals surface area contributed by atoms with Gasteiger partial charge in [-0.3, -0.25) is 9.69 Å². The Balaban J connectivity index is 1.56. The number of nitrogens with zero attached hydrogens (tertiary/aromatic N) is 2. The van der Waals surface area contributed by atoms with E-state index in [-0.39, 0.29) is 23.8 Å². The average Bonchev–Trinajstić information content (AvgIpc) is 3.25. The minimum Gasteiger partial charge on any atom is -0.497 e. The Kier molecular flexibility index (Phi) is 7.05. The van der Waals surface area contributed by atoms with E-state index >= 15 is 0 Å². The largest absolute Gasteiger partial charge is 0.497 e. The van der Waals surface area contributed by atoms with Gasteiger partial charge in [0, 0.05) is 12.5 Å². The highest BCUT2D eigenvalue weighted by Gasteiger charge is 2.23. The number of aromatic nitrogens is 1. The summed E-state index contributed by atoms with van der Waals surface area (Å²) in [7, 11) is -1.84. The van der Waals surface area contributed by atoms with Crippen LogP contribution >= 0.6 is 11.3 Å². The molecule has 1 amide bonds. The molecule has 0 unspecified atom stereocenters. The van der Waals surface area contributed by atoms with Crippen LogP contribution in [0, 0.1) is 0 Å². The maximum atomic E-state index is 13.3. The lowest BCUT2D eigenvalue weighted by Crippen LogP contribution is -2.31. The Morgan fingerprint density at radius 2 is 1.64 bits per heavy atom. The highest BCUT2D eigenvalue weighted by Crippen LogP contribution is 2.32. The van der Waals surface area contributed by atoms with Gasteiger partial charge >= 0.3 is 0 Å². The summed E-state index contributed by atoms with van der Waals surface area (Å²) in [6.07, 6.45) is -0.110. The van der Waals surface area contributed by atoms with E-state index in [1.54, 1.807) is 36.3 Å². The highest BCUT2D eigenvalue weighted by atomic mass is 32.2. The molecular weight excluding hydrogens is 456 g/mol. The second kappa shape index (κ2) is 10.1. The van der Waals surface area contributed by atoms with Gasteiger partial charge in [-0.25, -0.2) is 13.4 Å². The van der Waals surface area contributed by atoms with Crippen molar-refractivity contribution in [3.8, 4) is 5.75 Å². The molecule has 0 radical (unpaired) electrons. The number of carbonyl (C=O) groups excluding carboxylic acids is 1. The van der Waals surface area contributed by atoms with E-state index in [4.69, 9.17) is 4.74 Å². The molecule has 0 aliphatic heterocycles. The SMILES string of the molecule is COc1ccc2sc(N(Cc3ccccc3)C(=O)CCS(=O)(=O)Cc3ccccc3)nc2c1. The van der Waals surface area contributed by atoms with Gasteiger partial charge in [0.25, 0.3) is 0 Å². The van der Waals surface area contributed by atoms with Crippen LogP contribution in [0.15, 0.2) is 78.9 Å². The number of rotatable bonds is 9. The fraction of sp³-hybridized carbons (Fsp3) is 0.200. The van der Waals surface area contributed by atoms with Crippen molar-refractivity contribution < 1.29 is 17.9 Å². The number of methoxy groups -OCH3 is 1. The van der Waals surface area contributed by atoms with Gasteiger partial charge in [0.1, 0.15) is 5.75 Å². The number of benzene rings is 3. The summed E-state index contributed by atoms with van der Waals surface area (Å²) in [6.45, 7) is 0.315. The Labute approximate surface area is 197 Å². The van der Waals surface area contributed by atoms with Crippen molar-refractivity contribution in [1.29, 1.82) is 0 Å². The number of hydrogen-bond acceptors (Lipinski definition) is 6. The summed E-state index contributed by atoms with van der Waals surface area (Å²) in [6, 6.07) is 24.2. The van der Waals surface area contributed by atoms with Crippen molar-refractivity contribution in [3.63, 3.8) is 0 Å². The first kappa shape index (κ1) is 22.9. The van der Waals surface area contributed by atoms with Gasteiger partial charge in [0.2, 0.25) is 5.91 Å². The van der Waals surface area contributed by atoms with Crippen LogP contribution in [0.2, 0.25) is 0 Å². The van der Waals surface area contributed by atoms with E-state index in [0.29, 0.717) is 23.0 Å². The number of thiazole rings is 1. The van der Waals surface area contributed by atoms with Crippen LogP contribution in [-0.4, -0.2) is 32.2 Å². The third kappa shape index (κ3) is 5.97. The molecular formula is C25H24N2O4S2. The van der Waals surface area contributed by atoms with Crippen molar-refractivity contribution in [2.75, 3.05) is 17.8 Å². The maximum absolute atomic E-state index is 13.3. The highest BCUT2D eigenvalue weighted by molar-refractivity contribution is 7.90. The lowest BCUT2D eigenvalue weighted by Gasteiger charge is -2.20. The summed E-state index contributed by atoms with van der Waals surface area (Å²) in [5, 5.41) is 0.535. The van der Waals surface area contributed by atoms with Crippen molar-refractivity contribution in [2.24, 2.45) is 0 Å². The summed E-state index contributed by atoms with van der Waals surface area (Å²) in [5.41, 5.74) is 2.39. The summed E-state index contributed by atoms with van der Waals surface area (Å²) >= 11 is 1.40. The lowest BCUT2D eigenvalue weighted by atomic mass is 10.2. The molecule has 0 fully saturated rings. The number of sulfone groups is 1. The number of anilines is 1. The van der Waals surface area contributed by atoms with Crippen LogP contribution in [0.5, 0.6) is 5.75 Å². The van der Waals surface area contributed by atoms with Crippen LogP contribution in [0.1, 0.15) is 17.5 Å². The van der Waals surface area contributed by atoms with Gasteiger partial charge < -0.3 is 4.74 Å². The molecule has 1 heterocycles. The first-order valence-electron chi connectivity index (χ1n) is 10.5. The van der Waals surface area contributed by atoms with Crippen LogP contribution in [0.3, 0.4) is 0 Å². The normalized spacial score (nSPS) is 11.4. The molecule has 0 bridgehead atoms. The Morgan fingerprint density at radius 3 is 2.30 bits per heavy atom. The topological polar surface area (TPSA) is 76.6 Å². The minimum absolute atomic E-state index is 0.0826. The van der Waals surface area contributed by atoms with E-state index in [1.807, 2.05) is 54.6 Å². The van der Waals surface area contributed by atoms with Gasteiger partial charge in [0.05, 0.1) is 35.4 Å². The predicted octanol–water partition coefficient (Wildman–Crippen LogP) is 4.84. The summed E-state index contributed by atoms with van der Waals surface area (Å²) < 4.78 is 31.5. The van der Waals surface area contributed by atoms with Crippen molar-refractivity contribution in [2.45, 2.75) is 18.7 Å². The van der Waals surface area contributed by atoms with Gasteiger partial charge in [-0.2, -0.15) is 0 Å². The summed E-state index contributed by atoms with van der Waals surface area (Å²) in [5.74, 6) is 0.111. The zero-order chi connectivity index (χ0) is 23.3. The molecule has 0 N–H and O–H groups in total. The van der Waals surface area contributed by atoms with Crippen LogP contribution in [0.4, 0.5) is 5.13 Å². The molecule has 0 aliphatic rings. The second-order valence-corrected chi connectivity index (χ2v) is 10.8. The number of hydrogen-bond donors (Lipinski definition) is 0. The quantitative estimate of drug-likeness (QED) is 0.343. The number of carbonyl (C=O) groups is 1. The Morgan fingerprint density at radius 1 is 0.970 bits per heavy atom. The number of ether oxygens (including phenoxy) is 1. The first-order valence-corrected chi connectivity index (χ1v) is 13.1. The molecule has 3 aromatic carbocycles. The monoisotopic (exact) mass is 480 g/mol. The minimum atomic E-state index is -3.43. The Bertz CT molecular complexity index is 1340. The smallest absolute Gasteiger partial charge is 0.230 e. The van der Waals surface area contributed by atoms with Gasteiger partial charge in [-0.1, -0.05) is 72.0 Å². The van der Waals surface area contributed by atoms with E-state index < -0.39 is 9.84 Å². The van der Waals surface area contributed by atoms with E-state index in [2.05, 4.69) is 4.98 Å². The van der Waals surface area contributed by atoms with Crippen molar-refractivity contribution in [3.05, 3.63) is 90.0 Å². The Hall–Kier alpha value is -3.23. The van der Waals surface area contributed by atoms with Crippen LogP contribution in [0.25, 0.3) is 10.2 Å². The van der Waals surface area contributed by atoms with Gasteiger partial charge in [-0.15, -0.1) is 0 Å². The molecule has 0 atom stereocenters. The van der Waals surface area contributed by atoms with Crippen molar-refractivity contribution >= 4 is 42.4 Å². The summed E-state index contributed by atoms with van der Waals surface area (Å²) in [4.78, 5) is 19.5. The molecule has 8 heteroatoms. The second-order valence-electron chi connectivity index (χ2n) is 7.62.